The van der Waals surface area contributed by atoms with E-state index in [0.717, 1.165) is 37.3 Å². The summed E-state index contributed by atoms with van der Waals surface area (Å²) >= 11 is 0. The van der Waals surface area contributed by atoms with E-state index in [4.69, 9.17) is 9.47 Å². The van der Waals surface area contributed by atoms with Crippen LogP contribution >= 0.6 is 0 Å². The lowest BCUT2D eigenvalue weighted by Gasteiger charge is -2.48. The van der Waals surface area contributed by atoms with Gasteiger partial charge >= 0.3 is 12.1 Å². The normalized spacial score (nSPS) is 27.7. The average molecular weight is 402 g/mol. The third-order valence-corrected chi connectivity index (χ3v) is 5.84. The summed E-state index contributed by atoms with van der Waals surface area (Å²) in [7, 11) is 0. The Morgan fingerprint density at radius 1 is 1.28 bits per heavy atom. The first-order chi connectivity index (χ1) is 13.7. The number of nitrogens with zero attached hydrogens (tertiary/aromatic N) is 2. The second-order valence-electron chi connectivity index (χ2n) is 9.34. The van der Waals surface area contributed by atoms with Crippen LogP contribution in [-0.2, 0) is 15.9 Å². The molecule has 0 radical (unpaired) electrons. The van der Waals surface area contributed by atoms with Gasteiger partial charge in [0.1, 0.15) is 11.7 Å². The van der Waals surface area contributed by atoms with Crippen LogP contribution in [0.25, 0.3) is 0 Å². The molecule has 0 saturated carbocycles. The van der Waals surface area contributed by atoms with Crippen molar-refractivity contribution in [3.05, 3.63) is 34.9 Å². The molecule has 3 atom stereocenters. The fraction of sp³-hybridized carbons (Fsp3) is 0.636. The number of amides is 1. The fourth-order valence-corrected chi connectivity index (χ4v) is 4.49. The molecule has 3 aliphatic heterocycles. The molecule has 158 valence electrons. The Kier molecular flexibility index (Phi) is 5.29. The molecule has 7 nitrogen and oxygen atoms in total. The molecule has 3 heterocycles. The minimum absolute atomic E-state index is 0.0993. The Balaban J connectivity index is 1.65. The molecular formula is C22H31N3O4. The summed E-state index contributed by atoms with van der Waals surface area (Å²) in [5, 5.41) is 3.43. The Labute approximate surface area is 172 Å². The summed E-state index contributed by atoms with van der Waals surface area (Å²) in [5.74, 6) is -0.264. The van der Waals surface area contributed by atoms with Crippen molar-refractivity contribution in [2.45, 2.75) is 57.9 Å². The Bertz CT molecular complexity index is 804. The Morgan fingerprint density at radius 2 is 2.07 bits per heavy atom. The quantitative estimate of drug-likeness (QED) is 0.729. The zero-order valence-corrected chi connectivity index (χ0v) is 17.7. The molecule has 1 aromatic carbocycles. The number of cyclic esters (lactones) is 1. The number of piperazine rings is 2. The van der Waals surface area contributed by atoms with Crippen molar-refractivity contribution in [2.75, 3.05) is 32.7 Å². The van der Waals surface area contributed by atoms with Gasteiger partial charge in [0.05, 0.1) is 11.6 Å². The molecule has 0 bridgehead atoms. The topological polar surface area (TPSA) is 71.1 Å². The summed E-state index contributed by atoms with van der Waals surface area (Å²) in [4.78, 5) is 29.6. The first-order valence-electron chi connectivity index (χ1n) is 10.5. The molecule has 1 N–H and O–H groups in total. The van der Waals surface area contributed by atoms with Gasteiger partial charge in [-0.3, -0.25) is 9.80 Å². The van der Waals surface area contributed by atoms with Gasteiger partial charge in [0.2, 0.25) is 0 Å². The molecule has 1 aromatic rings. The highest BCUT2D eigenvalue weighted by molar-refractivity contribution is 5.92. The molecule has 4 rings (SSSR count). The van der Waals surface area contributed by atoms with Crippen LogP contribution in [0.3, 0.4) is 0 Å². The minimum Gasteiger partial charge on any atom is -0.459 e. The number of carbonyl (C=O) groups excluding carboxylic acids is 2. The van der Waals surface area contributed by atoms with Crippen molar-refractivity contribution >= 4 is 12.1 Å². The van der Waals surface area contributed by atoms with Crippen molar-refractivity contribution < 1.29 is 19.1 Å². The van der Waals surface area contributed by atoms with E-state index in [1.165, 1.54) is 0 Å². The smallest absolute Gasteiger partial charge is 0.410 e. The first kappa shape index (κ1) is 20.2. The number of esters is 1. The number of carbonyl (C=O) groups is 2. The highest BCUT2D eigenvalue weighted by atomic mass is 16.6. The number of hydrogen-bond acceptors (Lipinski definition) is 6. The van der Waals surface area contributed by atoms with Crippen LogP contribution in [0, 0.1) is 0 Å². The standard InChI is InChI=1S/C22H31N3O4/c1-14-9-16-10-15(5-6-18(16)20(26)28-14)19-13-24-8-7-23-11-17(24)12-25(19)21(27)29-22(2,3)4/h5-6,10,14,17,19,23H,7-9,11-13H2,1-4H3/t14-,17+,19+/m1/s1. The van der Waals surface area contributed by atoms with Gasteiger partial charge in [-0.1, -0.05) is 12.1 Å². The highest BCUT2D eigenvalue weighted by Gasteiger charge is 2.40. The zero-order chi connectivity index (χ0) is 20.8. The molecule has 7 heteroatoms. The third-order valence-electron chi connectivity index (χ3n) is 5.84. The van der Waals surface area contributed by atoms with Gasteiger partial charge < -0.3 is 14.8 Å². The van der Waals surface area contributed by atoms with Gasteiger partial charge in [-0.15, -0.1) is 0 Å². The van der Waals surface area contributed by atoms with Gasteiger partial charge in [-0.05, 0) is 44.9 Å². The first-order valence-corrected chi connectivity index (χ1v) is 10.5. The summed E-state index contributed by atoms with van der Waals surface area (Å²) in [6, 6.07) is 6.07. The van der Waals surface area contributed by atoms with Gasteiger partial charge in [0.25, 0.3) is 0 Å². The molecule has 0 unspecified atom stereocenters. The van der Waals surface area contributed by atoms with Gasteiger partial charge in [-0.25, -0.2) is 9.59 Å². The molecule has 2 saturated heterocycles. The molecule has 2 fully saturated rings. The van der Waals surface area contributed by atoms with Crippen molar-refractivity contribution in [2.24, 2.45) is 0 Å². The summed E-state index contributed by atoms with van der Waals surface area (Å²) in [6.45, 7) is 11.8. The summed E-state index contributed by atoms with van der Waals surface area (Å²) in [5.41, 5.74) is 2.14. The molecule has 3 aliphatic rings. The van der Waals surface area contributed by atoms with Crippen LogP contribution in [0.4, 0.5) is 4.79 Å². The number of hydrogen-bond donors (Lipinski definition) is 1. The largest absolute Gasteiger partial charge is 0.459 e. The lowest BCUT2D eigenvalue weighted by atomic mass is 9.92. The number of nitrogens with one attached hydrogen (secondary N) is 1. The summed E-state index contributed by atoms with van der Waals surface area (Å²) in [6.07, 6.45) is 0.291. The van der Waals surface area contributed by atoms with Crippen LogP contribution in [0.2, 0.25) is 0 Å². The van der Waals surface area contributed by atoms with Crippen LogP contribution in [0.1, 0.15) is 55.2 Å². The predicted molar refractivity (Wildman–Crippen MR) is 109 cm³/mol. The van der Waals surface area contributed by atoms with E-state index in [2.05, 4.69) is 16.3 Å². The van der Waals surface area contributed by atoms with E-state index < -0.39 is 5.60 Å². The molecule has 0 spiro atoms. The van der Waals surface area contributed by atoms with E-state index in [1.54, 1.807) is 0 Å². The van der Waals surface area contributed by atoms with Crippen molar-refractivity contribution in [3.8, 4) is 0 Å². The van der Waals surface area contributed by atoms with E-state index in [9.17, 15) is 9.59 Å². The zero-order valence-electron chi connectivity index (χ0n) is 17.7. The van der Waals surface area contributed by atoms with Gasteiger partial charge in [0, 0.05) is 45.2 Å². The second kappa shape index (κ2) is 7.61. The maximum atomic E-state index is 13.1. The van der Waals surface area contributed by atoms with E-state index >= 15 is 0 Å². The molecule has 29 heavy (non-hydrogen) atoms. The minimum atomic E-state index is -0.543. The monoisotopic (exact) mass is 401 g/mol. The molecule has 0 aromatic heterocycles. The van der Waals surface area contributed by atoms with Crippen LogP contribution in [0.15, 0.2) is 18.2 Å². The summed E-state index contributed by atoms with van der Waals surface area (Å²) < 4.78 is 11.1. The van der Waals surface area contributed by atoms with Crippen molar-refractivity contribution in [1.82, 2.24) is 15.1 Å². The second-order valence-corrected chi connectivity index (χ2v) is 9.34. The van der Waals surface area contributed by atoms with Crippen LogP contribution in [-0.4, -0.2) is 72.3 Å². The lowest BCUT2D eigenvalue weighted by Crippen LogP contribution is -2.63. The van der Waals surface area contributed by atoms with E-state index in [1.807, 2.05) is 44.7 Å². The fourth-order valence-electron chi connectivity index (χ4n) is 4.49. The van der Waals surface area contributed by atoms with E-state index in [-0.39, 0.29) is 24.2 Å². The average Bonchev–Trinajstić information content (AvgIpc) is 2.65. The number of fused-ring (bicyclic) bond motifs is 2. The Morgan fingerprint density at radius 3 is 2.83 bits per heavy atom. The molecule has 0 aliphatic carbocycles. The number of benzene rings is 1. The maximum Gasteiger partial charge on any atom is 0.410 e. The number of ether oxygens (including phenoxy) is 2. The SMILES string of the molecule is C[C@@H]1Cc2cc([C@@H]3CN4CCNC[C@H]4CN3C(=O)OC(C)(C)C)ccc2C(=O)O1. The Hall–Kier alpha value is -2.12. The van der Waals surface area contributed by atoms with Gasteiger partial charge in [-0.2, -0.15) is 0 Å². The lowest BCUT2D eigenvalue weighted by molar-refractivity contribution is -0.0212. The molecular weight excluding hydrogens is 370 g/mol. The van der Waals surface area contributed by atoms with Crippen molar-refractivity contribution in [3.63, 3.8) is 0 Å². The highest BCUT2D eigenvalue weighted by Crippen LogP contribution is 2.32. The third kappa shape index (κ3) is 4.26. The maximum absolute atomic E-state index is 13.1. The molecule has 1 amide bonds. The van der Waals surface area contributed by atoms with E-state index in [0.29, 0.717) is 24.6 Å². The van der Waals surface area contributed by atoms with Crippen molar-refractivity contribution in [1.29, 1.82) is 0 Å². The van der Waals surface area contributed by atoms with Crippen LogP contribution < -0.4 is 5.32 Å². The predicted octanol–water partition coefficient (Wildman–Crippen LogP) is 2.35. The number of rotatable bonds is 1. The van der Waals surface area contributed by atoms with Gasteiger partial charge in [0.15, 0.2) is 0 Å². The van der Waals surface area contributed by atoms with Crippen LogP contribution in [0.5, 0.6) is 0 Å².